The lowest BCUT2D eigenvalue weighted by molar-refractivity contribution is -0.167. The number of hydrogen-bond donors (Lipinski definition) is 0. The molecule has 0 aromatic carbocycles. The van der Waals surface area contributed by atoms with Crippen molar-refractivity contribution < 1.29 is 28.6 Å². The molecule has 0 aromatic heterocycles. The van der Waals surface area contributed by atoms with Gasteiger partial charge in [-0.2, -0.15) is 0 Å². The van der Waals surface area contributed by atoms with Gasteiger partial charge in [0, 0.05) is 19.3 Å². The van der Waals surface area contributed by atoms with E-state index >= 15 is 0 Å². The molecule has 0 bridgehead atoms. The minimum atomic E-state index is -0.755. The zero-order chi connectivity index (χ0) is 32.5. The highest BCUT2D eigenvalue weighted by atomic mass is 16.6. The molecule has 0 aliphatic rings. The largest absolute Gasteiger partial charge is 0.462 e. The summed E-state index contributed by atoms with van der Waals surface area (Å²) in [7, 11) is 0. The molecule has 0 heterocycles. The standard InChI is InChI=1S/C38H72O6/c1-5-8-10-12-13-14-19-23-27-31-38(41)44-35(32-42-36(39)29-25-20-11-9-6-2)33-43-37(40)30-26-22-18-16-15-17-21-24-28-34(4)7-3/h34-35H,5-33H2,1-4H3/t34?,35-/m1/s1. The first-order valence-electron chi connectivity index (χ1n) is 18.9. The highest BCUT2D eigenvalue weighted by Gasteiger charge is 2.19. The lowest BCUT2D eigenvalue weighted by atomic mass is 9.99. The molecule has 2 atom stereocenters. The number of unbranched alkanes of at least 4 members (excludes halogenated alkanes) is 19. The summed E-state index contributed by atoms with van der Waals surface area (Å²) in [4.78, 5) is 37.1. The Balaban J connectivity index is 4.28. The smallest absolute Gasteiger partial charge is 0.306 e. The first kappa shape index (κ1) is 42.4. The van der Waals surface area contributed by atoms with Gasteiger partial charge in [0.25, 0.3) is 0 Å². The molecule has 44 heavy (non-hydrogen) atoms. The van der Waals surface area contributed by atoms with Gasteiger partial charge in [-0.1, -0.05) is 163 Å². The summed E-state index contributed by atoms with van der Waals surface area (Å²) in [6.07, 6.45) is 28.3. The van der Waals surface area contributed by atoms with Crippen molar-refractivity contribution in [1.29, 1.82) is 0 Å². The highest BCUT2D eigenvalue weighted by molar-refractivity contribution is 5.71. The average molecular weight is 625 g/mol. The van der Waals surface area contributed by atoms with Crippen molar-refractivity contribution in [3.63, 3.8) is 0 Å². The topological polar surface area (TPSA) is 78.9 Å². The van der Waals surface area contributed by atoms with Crippen LogP contribution in [0.1, 0.15) is 201 Å². The molecule has 6 nitrogen and oxygen atoms in total. The van der Waals surface area contributed by atoms with Crippen LogP contribution in [0.5, 0.6) is 0 Å². The molecule has 6 heteroatoms. The SMILES string of the molecule is CCCCCCCCCCCC(=O)O[C@H](COC(=O)CCCCCCC)COC(=O)CCCCCCCCCCC(C)CC. The zero-order valence-corrected chi connectivity index (χ0v) is 29.6. The third-order valence-electron chi connectivity index (χ3n) is 8.65. The minimum absolute atomic E-state index is 0.0667. The fourth-order valence-corrected chi connectivity index (χ4v) is 5.36. The van der Waals surface area contributed by atoms with Crippen LogP contribution < -0.4 is 0 Å². The summed E-state index contributed by atoms with van der Waals surface area (Å²) in [5.74, 6) is -0.0353. The lowest BCUT2D eigenvalue weighted by Crippen LogP contribution is -2.30. The molecule has 0 radical (unpaired) electrons. The van der Waals surface area contributed by atoms with Gasteiger partial charge in [-0.3, -0.25) is 14.4 Å². The number of carbonyl (C=O) groups is 3. The molecule has 1 unspecified atom stereocenters. The van der Waals surface area contributed by atoms with Gasteiger partial charge < -0.3 is 14.2 Å². The van der Waals surface area contributed by atoms with Crippen molar-refractivity contribution in [1.82, 2.24) is 0 Å². The monoisotopic (exact) mass is 625 g/mol. The number of ether oxygens (including phenoxy) is 3. The Morgan fingerprint density at radius 3 is 1.18 bits per heavy atom. The maximum Gasteiger partial charge on any atom is 0.306 e. The van der Waals surface area contributed by atoms with Crippen LogP contribution in [-0.4, -0.2) is 37.2 Å². The van der Waals surface area contributed by atoms with E-state index in [2.05, 4.69) is 27.7 Å². The summed E-state index contributed by atoms with van der Waals surface area (Å²) < 4.78 is 16.5. The second-order valence-corrected chi connectivity index (χ2v) is 13.1. The van der Waals surface area contributed by atoms with Crippen LogP contribution in [0.25, 0.3) is 0 Å². The van der Waals surface area contributed by atoms with Crippen LogP contribution in [-0.2, 0) is 28.6 Å². The van der Waals surface area contributed by atoms with Crippen LogP contribution in [0.4, 0.5) is 0 Å². The molecule has 0 amide bonds. The molecule has 0 rings (SSSR count). The van der Waals surface area contributed by atoms with Gasteiger partial charge in [-0.25, -0.2) is 0 Å². The van der Waals surface area contributed by atoms with E-state index in [1.165, 1.54) is 89.9 Å². The Labute approximate surface area is 272 Å². The molecule has 0 N–H and O–H groups in total. The third kappa shape index (κ3) is 30.4. The van der Waals surface area contributed by atoms with Crippen LogP contribution in [0, 0.1) is 5.92 Å². The average Bonchev–Trinajstić information content (AvgIpc) is 3.02. The van der Waals surface area contributed by atoms with Crippen LogP contribution in [0.2, 0.25) is 0 Å². The second-order valence-electron chi connectivity index (χ2n) is 13.1. The van der Waals surface area contributed by atoms with Crippen molar-refractivity contribution >= 4 is 17.9 Å². The number of esters is 3. The zero-order valence-electron chi connectivity index (χ0n) is 29.6. The fourth-order valence-electron chi connectivity index (χ4n) is 5.36. The first-order valence-corrected chi connectivity index (χ1v) is 18.9. The van der Waals surface area contributed by atoms with Crippen molar-refractivity contribution in [2.45, 2.75) is 207 Å². The molecule has 0 aliphatic carbocycles. The van der Waals surface area contributed by atoms with E-state index in [9.17, 15) is 14.4 Å². The molecule has 0 spiro atoms. The molecule has 0 aliphatic heterocycles. The fraction of sp³-hybridized carbons (Fsp3) is 0.921. The molecular weight excluding hydrogens is 552 g/mol. The van der Waals surface area contributed by atoms with E-state index in [4.69, 9.17) is 14.2 Å². The lowest BCUT2D eigenvalue weighted by Gasteiger charge is -2.18. The quantitative estimate of drug-likeness (QED) is 0.0410. The van der Waals surface area contributed by atoms with Crippen LogP contribution in [0.15, 0.2) is 0 Å². The Kier molecular flexibility index (Phi) is 31.6. The Bertz CT molecular complexity index is 664. The van der Waals surface area contributed by atoms with Gasteiger partial charge in [0.15, 0.2) is 6.10 Å². The van der Waals surface area contributed by atoms with E-state index in [1.807, 2.05) is 0 Å². The van der Waals surface area contributed by atoms with Gasteiger partial charge in [-0.05, 0) is 25.2 Å². The molecule has 0 aromatic rings. The van der Waals surface area contributed by atoms with E-state index in [1.54, 1.807) is 0 Å². The van der Waals surface area contributed by atoms with Gasteiger partial charge in [-0.15, -0.1) is 0 Å². The molecular formula is C38H72O6. The maximum absolute atomic E-state index is 12.5. The van der Waals surface area contributed by atoms with Crippen molar-refractivity contribution in [2.75, 3.05) is 13.2 Å². The molecule has 0 saturated heterocycles. The van der Waals surface area contributed by atoms with E-state index in [-0.39, 0.29) is 31.1 Å². The summed E-state index contributed by atoms with van der Waals surface area (Å²) in [5.41, 5.74) is 0. The van der Waals surface area contributed by atoms with Crippen LogP contribution >= 0.6 is 0 Å². The van der Waals surface area contributed by atoms with Gasteiger partial charge in [0.1, 0.15) is 13.2 Å². The Morgan fingerprint density at radius 2 is 0.795 bits per heavy atom. The summed E-state index contributed by atoms with van der Waals surface area (Å²) in [6, 6.07) is 0. The van der Waals surface area contributed by atoms with E-state index < -0.39 is 6.10 Å². The Morgan fingerprint density at radius 1 is 0.455 bits per heavy atom. The maximum atomic E-state index is 12.5. The summed E-state index contributed by atoms with van der Waals surface area (Å²) in [5, 5.41) is 0. The molecule has 0 saturated carbocycles. The van der Waals surface area contributed by atoms with E-state index in [0.717, 1.165) is 70.1 Å². The summed E-state index contributed by atoms with van der Waals surface area (Å²) >= 11 is 0. The van der Waals surface area contributed by atoms with Gasteiger partial charge >= 0.3 is 17.9 Å². The normalized spacial score (nSPS) is 12.5. The van der Waals surface area contributed by atoms with Gasteiger partial charge in [0.2, 0.25) is 0 Å². The number of hydrogen-bond acceptors (Lipinski definition) is 6. The minimum Gasteiger partial charge on any atom is -0.462 e. The predicted molar refractivity (Wildman–Crippen MR) is 183 cm³/mol. The van der Waals surface area contributed by atoms with Crippen molar-refractivity contribution in [2.24, 2.45) is 5.92 Å². The van der Waals surface area contributed by atoms with Gasteiger partial charge in [0.05, 0.1) is 0 Å². The molecule has 0 fully saturated rings. The van der Waals surface area contributed by atoms with E-state index in [0.29, 0.717) is 19.3 Å². The van der Waals surface area contributed by atoms with Crippen LogP contribution in [0.3, 0.4) is 0 Å². The number of carbonyl (C=O) groups excluding carboxylic acids is 3. The second kappa shape index (κ2) is 32.8. The first-order chi connectivity index (χ1) is 21.4. The van der Waals surface area contributed by atoms with Crippen molar-refractivity contribution in [3.8, 4) is 0 Å². The Hall–Kier alpha value is -1.59. The highest BCUT2D eigenvalue weighted by Crippen LogP contribution is 2.16. The molecule has 260 valence electrons. The number of rotatable bonds is 33. The van der Waals surface area contributed by atoms with Crippen molar-refractivity contribution in [3.05, 3.63) is 0 Å². The summed E-state index contributed by atoms with van der Waals surface area (Å²) in [6.45, 7) is 8.86. The predicted octanol–water partition coefficient (Wildman–Crippen LogP) is 11.2. The third-order valence-corrected chi connectivity index (χ3v) is 8.65.